The van der Waals surface area contributed by atoms with E-state index in [9.17, 15) is 9.59 Å². The molecule has 0 aromatic carbocycles. The first kappa shape index (κ1) is 9.77. The van der Waals surface area contributed by atoms with Gasteiger partial charge in [-0.1, -0.05) is 13.3 Å². The quantitative estimate of drug-likeness (QED) is 0.615. The molecule has 0 saturated heterocycles. The molecule has 1 atom stereocenters. The summed E-state index contributed by atoms with van der Waals surface area (Å²) in [6.45, 7) is 1.99. The zero-order chi connectivity index (χ0) is 9.68. The summed E-state index contributed by atoms with van der Waals surface area (Å²) in [7, 11) is 0. The highest BCUT2D eigenvalue weighted by atomic mass is 16.7. The SMILES string of the molecule is CCCCC(=O)OC1C=CC(=O)O1. The monoisotopic (exact) mass is 184 g/mol. The van der Waals surface area contributed by atoms with Crippen LogP contribution in [0.2, 0.25) is 0 Å². The van der Waals surface area contributed by atoms with Gasteiger partial charge >= 0.3 is 11.9 Å². The van der Waals surface area contributed by atoms with Crippen LogP contribution in [-0.4, -0.2) is 18.2 Å². The van der Waals surface area contributed by atoms with Crippen LogP contribution in [0.1, 0.15) is 26.2 Å². The number of unbranched alkanes of at least 4 members (excludes halogenated alkanes) is 1. The molecule has 72 valence electrons. The van der Waals surface area contributed by atoms with Crippen LogP contribution in [0.25, 0.3) is 0 Å². The highest BCUT2D eigenvalue weighted by Crippen LogP contribution is 2.08. The van der Waals surface area contributed by atoms with E-state index < -0.39 is 12.3 Å². The van der Waals surface area contributed by atoms with Gasteiger partial charge in [-0.2, -0.15) is 0 Å². The fourth-order valence-corrected chi connectivity index (χ4v) is 0.923. The second-order valence-electron chi connectivity index (χ2n) is 2.76. The molecule has 0 saturated carbocycles. The lowest BCUT2D eigenvalue weighted by molar-refractivity contribution is -0.172. The predicted octanol–water partition coefficient (Wildman–Crippen LogP) is 1.16. The lowest BCUT2D eigenvalue weighted by atomic mass is 10.2. The minimum atomic E-state index is -0.808. The molecule has 1 heterocycles. The van der Waals surface area contributed by atoms with Crippen LogP contribution in [0.4, 0.5) is 0 Å². The zero-order valence-electron chi connectivity index (χ0n) is 7.49. The summed E-state index contributed by atoms with van der Waals surface area (Å²) in [5, 5.41) is 0. The molecule has 0 fully saturated rings. The van der Waals surface area contributed by atoms with Crippen LogP contribution in [-0.2, 0) is 19.1 Å². The van der Waals surface area contributed by atoms with Crippen LogP contribution in [0.5, 0.6) is 0 Å². The number of cyclic esters (lactones) is 1. The number of ether oxygens (including phenoxy) is 2. The Morgan fingerprint density at radius 2 is 2.46 bits per heavy atom. The summed E-state index contributed by atoms with van der Waals surface area (Å²) in [5.74, 6) is -0.792. The summed E-state index contributed by atoms with van der Waals surface area (Å²) in [5.41, 5.74) is 0. The molecule has 0 aromatic heterocycles. The van der Waals surface area contributed by atoms with Gasteiger partial charge in [-0.05, 0) is 6.42 Å². The minimum absolute atomic E-state index is 0.328. The van der Waals surface area contributed by atoms with Crippen LogP contribution in [0.3, 0.4) is 0 Å². The normalized spacial score (nSPS) is 20.1. The average molecular weight is 184 g/mol. The van der Waals surface area contributed by atoms with Crippen LogP contribution < -0.4 is 0 Å². The third-order valence-corrected chi connectivity index (χ3v) is 1.60. The summed E-state index contributed by atoms with van der Waals surface area (Å²) >= 11 is 0. The van der Waals surface area contributed by atoms with Crippen molar-refractivity contribution in [3.63, 3.8) is 0 Å². The third kappa shape index (κ3) is 3.27. The highest BCUT2D eigenvalue weighted by molar-refractivity contribution is 5.84. The maximum Gasteiger partial charge on any atom is 0.334 e. The fourth-order valence-electron chi connectivity index (χ4n) is 0.923. The van der Waals surface area contributed by atoms with Gasteiger partial charge in [0.15, 0.2) is 0 Å². The molecular weight excluding hydrogens is 172 g/mol. The Kier molecular flexibility index (Phi) is 3.49. The van der Waals surface area contributed by atoms with Gasteiger partial charge in [-0.25, -0.2) is 4.79 Å². The predicted molar refractivity (Wildman–Crippen MR) is 44.6 cm³/mol. The molecule has 0 N–H and O–H groups in total. The van der Waals surface area contributed by atoms with Crippen molar-refractivity contribution in [3.05, 3.63) is 12.2 Å². The summed E-state index contributed by atoms with van der Waals surface area (Å²) < 4.78 is 9.43. The van der Waals surface area contributed by atoms with Gasteiger partial charge in [0.05, 0.1) is 0 Å². The standard InChI is InChI=1S/C9H12O4/c1-2-3-4-7(10)12-9-6-5-8(11)13-9/h5-6,9H,2-4H2,1H3. The van der Waals surface area contributed by atoms with Crippen molar-refractivity contribution in [2.24, 2.45) is 0 Å². The molecule has 0 aliphatic carbocycles. The van der Waals surface area contributed by atoms with E-state index in [4.69, 9.17) is 4.74 Å². The van der Waals surface area contributed by atoms with Crippen molar-refractivity contribution in [2.75, 3.05) is 0 Å². The smallest absolute Gasteiger partial charge is 0.334 e. The Bertz CT molecular complexity index is 232. The molecular formula is C9H12O4. The van der Waals surface area contributed by atoms with E-state index in [0.29, 0.717) is 6.42 Å². The molecule has 1 rings (SSSR count). The first-order valence-corrected chi connectivity index (χ1v) is 4.30. The third-order valence-electron chi connectivity index (χ3n) is 1.60. The van der Waals surface area contributed by atoms with E-state index in [1.807, 2.05) is 6.92 Å². The summed E-state index contributed by atoms with van der Waals surface area (Å²) in [6, 6.07) is 0. The molecule has 0 spiro atoms. The van der Waals surface area contributed by atoms with E-state index in [1.165, 1.54) is 12.2 Å². The van der Waals surface area contributed by atoms with Crippen LogP contribution in [0.15, 0.2) is 12.2 Å². The Labute approximate surface area is 76.5 Å². The van der Waals surface area contributed by atoms with Crippen LogP contribution >= 0.6 is 0 Å². The second kappa shape index (κ2) is 4.64. The van der Waals surface area contributed by atoms with E-state index in [2.05, 4.69) is 4.74 Å². The molecule has 1 aliphatic heterocycles. The lowest BCUT2D eigenvalue weighted by Crippen LogP contribution is -2.17. The Hall–Kier alpha value is -1.32. The van der Waals surface area contributed by atoms with Crippen molar-refractivity contribution in [1.29, 1.82) is 0 Å². The van der Waals surface area contributed by atoms with Crippen molar-refractivity contribution in [1.82, 2.24) is 0 Å². The number of carbonyl (C=O) groups excluding carboxylic acids is 2. The maximum absolute atomic E-state index is 11.0. The molecule has 1 aliphatic rings. The highest BCUT2D eigenvalue weighted by Gasteiger charge is 2.19. The van der Waals surface area contributed by atoms with Crippen molar-refractivity contribution < 1.29 is 19.1 Å². The van der Waals surface area contributed by atoms with Gasteiger partial charge in [-0.15, -0.1) is 0 Å². The fraction of sp³-hybridized carbons (Fsp3) is 0.556. The Morgan fingerprint density at radius 1 is 1.69 bits per heavy atom. The van der Waals surface area contributed by atoms with E-state index in [-0.39, 0.29) is 5.97 Å². The Balaban J connectivity index is 2.21. The first-order valence-electron chi connectivity index (χ1n) is 4.30. The molecule has 0 aromatic rings. The molecule has 4 nitrogen and oxygen atoms in total. The number of hydrogen-bond acceptors (Lipinski definition) is 4. The number of esters is 2. The molecule has 0 radical (unpaired) electrons. The number of hydrogen-bond donors (Lipinski definition) is 0. The van der Waals surface area contributed by atoms with Crippen LogP contribution in [0, 0.1) is 0 Å². The topological polar surface area (TPSA) is 52.6 Å². The van der Waals surface area contributed by atoms with Gasteiger partial charge in [0.1, 0.15) is 0 Å². The second-order valence-corrected chi connectivity index (χ2v) is 2.76. The van der Waals surface area contributed by atoms with Crippen molar-refractivity contribution >= 4 is 11.9 Å². The molecule has 0 amide bonds. The van der Waals surface area contributed by atoms with E-state index >= 15 is 0 Å². The average Bonchev–Trinajstić information content (AvgIpc) is 2.48. The van der Waals surface area contributed by atoms with Gasteiger partial charge in [0, 0.05) is 18.6 Å². The molecule has 0 bridgehead atoms. The number of rotatable bonds is 4. The van der Waals surface area contributed by atoms with E-state index in [1.54, 1.807) is 0 Å². The number of carbonyl (C=O) groups is 2. The molecule has 13 heavy (non-hydrogen) atoms. The van der Waals surface area contributed by atoms with E-state index in [0.717, 1.165) is 12.8 Å². The Morgan fingerprint density at radius 3 is 3.00 bits per heavy atom. The summed E-state index contributed by atoms with van der Waals surface area (Å²) in [4.78, 5) is 21.6. The zero-order valence-corrected chi connectivity index (χ0v) is 7.49. The van der Waals surface area contributed by atoms with Gasteiger partial charge in [-0.3, -0.25) is 4.79 Å². The van der Waals surface area contributed by atoms with Gasteiger partial charge < -0.3 is 9.47 Å². The van der Waals surface area contributed by atoms with Gasteiger partial charge in [0.2, 0.25) is 0 Å². The van der Waals surface area contributed by atoms with Gasteiger partial charge in [0.25, 0.3) is 6.29 Å². The van der Waals surface area contributed by atoms with Crippen molar-refractivity contribution in [2.45, 2.75) is 32.5 Å². The molecule has 4 heteroatoms. The first-order chi connectivity index (χ1) is 6.22. The summed E-state index contributed by atoms with van der Waals surface area (Å²) in [6.07, 6.45) is 3.97. The van der Waals surface area contributed by atoms with Crippen molar-refractivity contribution in [3.8, 4) is 0 Å². The lowest BCUT2D eigenvalue weighted by Gasteiger charge is -2.09. The molecule has 1 unspecified atom stereocenters. The minimum Gasteiger partial charge on any atom is -0.421 e. The maximum atomic E-state index is 11.0. The largest absolute Gasteiger partial charge is 0.421 e.